The van der Waals surface area contributed by atoms with E-state index >= 15 is 0 Å². The van der Waals surface area contributed by atoms with Crippen LogP contribution in [0.2, 0.25) is 0 Å². The standard InChI is InChI=1S/C14H19BrO2/c1-9-7-12(8-10(2)13(9)15)14(16)11-3-5-17-6-4-11/h7-8,11,14,16H,3-6H2,1-2H3. The van der Waals surface area contributed by atoms with Crippen LogP contribution in [-0.4, -0.2) is 18.3 Å². The number of benzene rings is 1. The van der Waals surface area contributed by atoms with Crippen LogP contribution >= 0.6 is 15.9 Å². The molecular weight excluding hydrogens is 280 g/mol. The molecule has 2 nitrogen and oxygen atoms in total. The third-order valence-electron chi connectivity index (χ3n) is 3.51. The third kappa shape index (κ3) is 2.90. The van der Waals surface area contributed by atoms with Crippen LogP contribution in [0.25, 0.3) is 0 Å². The van der Waals surface area contributed by atoms with Crippen molar-refractivity contribution in [3.63, 3.8) is 0 Å². The highest BCUT2D eigenvalue weighted by Crippen LogP contribution is 2.33. The molecule has 0 radical (unpaired) electrons. The lowest BCUT2D eigenvalue weighted by atomic mass is 9.88. The summed E-state index contributed by atoms with van der Waals surface area (Å²) in [6.45, 7) is 5.68. The van der Waals surface area contributed by atoms with Gasteiger partial charge in [-0.2, -0.15) is 0 Å². The van der Waals surface area contributed by atoms with Crippen molar-refractivity contribution in [3.05, 3.63) is 33.3 Å². The molecule has 0 spiro atoms. The average Bonchev–Trinajstić information content (AvgIpc) is 2.35. The van der Waals surface area contributed by atoms with E-state index < -0.39 is 0 Å². The minimum absolute atomic E-state index is 0.337. The Morgan fingerprint density at radius 2 is 1.76 bits per heavy atom. The summed E-state index contributed by atoms with van der Waals surface area (Å²) in [7, 11) is 0. The zero-order valence-corrected chi connectivity index (χ0v) is 12.0. The molecule has 1 aliphatic rings. The van der Waals surface area contributed by atoms with Crippen molar-refractivity contribution in [1.29, 1.82) is 0 Å². The lowest BCUT2D eigenvalue weighted by molar-refractivity contribution is 0.00714. The van der Waals surface area contributed by atoms with E-state index in [1.807, 2.05) is 0 Å². The van der Waals surface area contributed by atoms with E-state index in [0.29, 0.717) is 5.92 Å². The van der Waals surface area contributed by atoms with E-state index in [1.54, 1.807) is 0 Å². The van der Waals surface area contributed by atoms with Crippen molar-refractivity contribution in [1.82, 2.24) is 0 Å². The van der Waals surface area contributed by atoms with Gasteiger partial charge in [-0.3, -0.25) is 0 Å². The van der Waals surface area contributed by atoms with Crippen LogP contribution in [0, 0.1) is 19.8 Å². The monoisotopic (exact) mass is 298 g/mol. The van der Waals surface area contributed by atoms with Gasteiger partial charge in [-0.1, -0.05) is 28.1 Å². The fourth-order valence-corrected chi connectivity index (χ4v) is 2.68. The molecule has 0 aromatic heterocycles. The molecule has 1 N–H and O–H groups in total. The number of hydrogen-bond acceptors (Lipinski definition) is 2. The minimum Gasteiger partial charge on any atom is -0.388 e. The van der Waals surface area contributed by atoms with Gasteiger partial charge >= 0.3 is 0 Å². The SMILES string of the molecule is Cc1cc(C(O)C2CCOCC2)cc(C)c1Br. The molecule has 0 bridgehead atoms. The van der Waals surface area contributed by atoms with Gasteiger partial charge in [0.05, 0.1) is 6.10 Å². The van der Waals surface area contributed by atoms with Gasteiger partial charge in [-0.15, -0.1) is 0 Å². The number of aryl methyl sites for hydroxylation is 2. The van der Waals surface area contributed by atoms with Crippen LogP contribution in [0.1, 0.15) is 35.6 Å². The summed E-state index contributed by atoms with van der Waals surface area (Å²) in [5, 5.41) is 10.4. The molecule has 1 saturated heterocycles. The highest BCUT2D eigenvalue weighted by atomic mass is 79.9. The van der Waals surface area contributed by atoms with Gasteiger partial charge in [-0.25, -0.2) is 0 Å². The maximum Gasteiger partial charge on any atom is 0.0820 e. The first-order valence-electron chi connectivity index (χ1n) is 6.12. The number of aliphatic hydroxyl groups excluding tert-OH is 1. The summed E-state index contributed by atoms with van der Waals surface area (Å²) >= 11 is 3.56. The van der Waals surface area contributed by atoms with E-state index in [1.165, 1.54) is 11.1 Å². The second-order valence-corrected chi connectivity index (χ2v) is 5.66. The Labute approximate surface area is 111 Å². The fourth-order valence-electron chi connectivity index (χ4n) is 2.45. The van der Waals surface area contributed by atoms with E-state index in [4.69, 9.17) is 4.74 Å². The Hall–Kier alpha value is -0.380. The molecule has 17 heavy (non-hydrogen) atoms. The van der Waals surface area contributed by atoms with Gasteiger partial charge in [0, 0.05) is 17.7 Å². The van der Waals surface area contributed by atoms with E-state index in [-0.39, 0.29) is 6.10 Å². The van der Waals surface area contributed by atoms with Crippen molar-refractivity contribution in [2.24, 2.45) is 5.92 Å². The molecule has 0 aliphatic carbocycles. The van der Waals surface area contributed by atoms with Crippen LogP contribution in [0.3, 0.4) is 0 Å². The number of rotatable bonds is 2. The molecule has 1 aromatic rings. The highest BCUT2D eigenvalue weighted by Gasteiger charge is 2.24. The lowest BCUT2D eigenvalue weighted by Gasteiger charge is -2.27. The molecule has 2 rings (SSSR count). The summed E-state index contributed by atoms with van der Waals surface area (Å²) in [4.78, 5) is 0. The van der Waals surface area contributed by atoms with Crippen LogP contribution in [0.15, 0.2) is 16.6 Å². The predicted octanol–water partition coefficient (Wildman–Crippen LogP) is 3.53. The summed E-state index contributed by atoms with van der Waals surface area (Å²) in [6, 6.07) is 4.16. The van der Waals surface area contributed by atoms with Gasteiger partial charge in [0.2, 0.25) is 0 Å². The van der Waals surface area contributed by atoms with E-state index in [0.717, 1.165) is 36.1 Å². The van der Waals surface area contributed by atoms with Crippen molar-refractivity contribution in [3.8, 4) is 0 Å². The van der Waals surface area contributed by atoms with Crippen LogP contribution < -0.4 is 0 Å². The molecule has 0 amide bonds. The molecule has 3 heteroatoms. The number of aliphatic hydroxyl groups is 1. The van der Waals surface area contributed by atoms with Crippen LogP contribution in [0.5, 0.6) is 0 Å². The molecule has 1 atom stereocenters. The van der Waals surface area contributed by atoms with Crippen molar-refractivity contribution < 1.29 is 9.84 Å². The van der Waals surface area contributed by atoms with Gasteiger partial charge in [0.25, 0.3) is 0 Å². The summed E-state index contributed by atoms with van der Waals surface area (Å²) < 4.78 is 6.47. The normalized spacial score (nSPS) is 19.3. The second-order valence-electron chi connectivity index (χ2n) is 4.86. The molecular formula is C14H19BrO2. The van der Waals surface area contributed by atoms with Gasteiger partial charge < -0.3 is 9.84 Å². The zero-order chi connectivity index (χ0) is 12.4. The van der Waals surface area contributed by atoms with Gasteiger partial charge in [0.1, 0.15) is 0 Å². The number of ether oxygens (including phenoxy) is 1. The fraction of sp³-hybridized carbons (Fsp3) is 0.571. The minimum atomic E-state index is -0.357. The van der Waals surface area contributed by atoms with E-state index in [9.17, 15) is 5.11 Å². The largest absolute Gasteiger partial charge is 0.388 e. The Bertz CT molecular complexity index is 374. The van der Waals surface area contributed by atoms with Crippen molar-refractivity contribution >= 4 is 15.9 Å². The smallest absolute Gasteiger partial charge is 0.0820 e. The number of halogens is 1. The zero-order valence-electron chi connectivity index (χ0n) is 10.4. The summed E-state index contributed by atoms with van der Waals surface area (Å²) in [6.07, 6.45) is 1.55. The topological polar surface area (TPSA) is 29.5 Å². The first-order chi connectivity index (χ1) is 8.09. The first kappa shape index (κ1) is 13.1. The van der Waals surface area contributed by atoms with Crippen LogP contribution in [-0.2, 0) is 4.74 Å². The molecule has 0 saturated carbocycles. The quantitative estimate of drug-likeness (QED) is 0.905. The Kier molecular flexibility index (Phi) is 4.23. The molecule has 94 valence electrons. The first-order valence-corrected chi connectivity index (χ1v) is 6.91. The maximum absolute atomic E-state index is 10.4. The molecule has 1 aliphatic heterocycles. The predicted molar refractivity (Wildman–Crippen MR) is 72.1 cm³/mol. The summed E-state index contributed by atoms with van der Waals surface area (Å²) in [5.41, 5.74) is 3.41. The average molecular weight is 299 g/mol. The molecule has 1 heterocycles. The van der Waals surface area contributed by atoms with Crippen molar-refractivity contribution in [2.45, 2.75) is 32.8 Å². The van der Waals surface area contributed by atoms with Crippen molar-refractivity contribution in [2.75, 3.05) is 13.2 Å². The molecule has 1 fully saturated rings. The Morgan fingerprint density at radius 3 is 2.29 bits per heavy atom. The van der Waals surface area contributed by atoms with E-state index in [2.05, 4.69) is 41.9 Å². The third-order valence-corrected chi connectivity index (χ3v) is 4.76. The maximum atomic E-state index is 10.4. The summed E-state index contributed by atoms with van der Waals surface area (Å²) in [5.74, 6) is 0.337. The second kappa shape index (κ2) is 5.51. The van der Waals surface area contributed by atoms with Gasteiger partial charge in [-0.05, 0) is 49.3 Å². The Balaban J connectivity index is 2.21. The molecule has 1 unspecified atom stereocenters. The molecule has 1 aromatic carbocycles. The lowest BCUT2D eigenvalue weighted by Crippen LogP contribution is -2.22. The Morgan fingerprint density at radius 1 is 1.24 bits per heavy atom. The highest BCUT2D eigenvalue weighted by molar-refractivity contribution is 9.10. The van der Waals surface area contributed by atoms with Gasteiger partial charge in [0.15, 0.2) is 0 Å². The van der Waals surface area contributed by atoms with Crippen LogP contribution in [0.4, 0.5) is 0 Å². The number of hydrogen-bond donors (Lipinski definition) is 1.